The molecule has 0 aliphatic heterocycles. The summed E-state index contributed by atoms with van der Waals surface area (Å²) in [7, 11) is 1.87. The SMILES string of the molecule is CN(Cc1cscn1)c1ncnc(Cl)c1CO. The molecule has 0 atom stereocenters. The summed E-state index contributed by atoms with van der Waals surface area (Å²) in [5.74, 6) is 0.625. The second-order valence-electron chi connectivity index (χ2n) is 3.46. The number of thiazole rings is 1. The number of aromatic nitrogens is 3. The van der Waals surface area contributed by atoms with Crippen LogP contribution in [-0.2, 0) is 13.2 Å². The Balaban J connectivity index is 2.24. The van der Waals surface area contributed by atoms with Crippen LogP contribution in [0.3, 0.4) is 0 Å². The molecule has 0 aliphatic carbocycles. The first-order valence-corrected chi connectivity index (χ1v) is 6.23. The van der Waals surface area contributed by atoms with Crippen molar-refractivity contribution in [1.29, 1.82) is 0 Å². The number of anilines is 1. The van der Waals surface area contributed by atoms with E-state index < -0.39 is 0 Å². The number of halogens is 1. The topological polar surface area (TPSA) is 62.1 Å². The van der Waals surface area contributed by atoms with E-state index in [0.717, 1.165) is 5.69 Å². The third-order valence-corrected chi connectivity index (χ3v) is 3.23. The second kappa shape index (κ2) is 5.39. The van der Waals surface area contributed by atoms with E-state index in [1.165, 1.54) is 6.33 Å². The van der Waals surface area contributed by atoms with Gasteiger partial charge in [0, 0.05) is 12.4 Å². The van der Waals surface area contributed by atoms with Crippen LogP contribution in [0, 0.1) is 0 Å². The first-order valence-electron chi connectivity index (χ1n) is 4.90. The van der Waals surface area contributed by atoms with Crippen LogP contribution in [0.2, 0.25) is 5.15 Å². The molecule has 0 aliphatic rings. The van der Waals surface area contributed by atoms with Gasteiger partial charge in [0.25, 0.3) is 0 Å². The van der Waals surface area contributed by atoms with Crippen molar-refractivity contribution < 1.29 is 5.11 Å². The first kappa shape index (κ1) is 12.2. The van der Waals surface area contributed by atoms with Gasteiger partial charge in [-0.3, -0.25) is 0 Å². The minimum atomic E-state index is -0.184. The fraction of sp³-hybridized carbons (Fsp3) is 0.300. The third-order valence-electron chi connectivity index (χ3n) is 2.27. The van der Waals surface area contributed by atoms with Crippen molar-refractivity contribution in [2.24, 2.45) is 0 Å². The van der Waals surface area contributed by atoms with Crippen LogP contribution >= 0.6 is 22.9 Å². The lowest BCUT2D eigenvalue weighted by Gasteiger charge is -2.19. The fourth-order valence-electron chi connectivity index (χ4n) is 1.48. The van der Waals surface area contributed by atoms with Gasteiger partial charge in [-0.25, -0.2) is 15.0 Å². The molecular weight excluding hydrogens is 260 g/mol. The van der Waals surface area contributed by atoms with Crippen LogP contribution in [0.15, 0.2) is 17.2 Å². The van der Waals surface area contributed by atoms with Gasteiger partial charge < -0.3 is 10.0 Å². The molecule has 2 aromatic heterocycles. The fourth-order valence-corrected chi connectivity index (χ4v) is 2.22. The molecule has 0 saturated heterocycles. The predicted molar refractivity (Wildman–Crippen MR) is 67.2 cm³/mol. The van der Waals surface area contributed by atoms with Crippen LogP contribution in [-0.4, -0.2) is 27.1 Å². The maximum absolute atomic E-state index is 9.27. The summed E-state index contributed by atoms with van der Waals surface area (Å²) in [6, 6.07) is 0. The maximum Gasteiger partial charge on any atom is 0.140 e. The Kier molecular flexibility index (Phi) is 3.88. The summed E-state index contributed by atoms with van der Waals surface area (Å²) >= 11 is 7.45. The van der Waals surface area contributed by atoms with Crippen LogP contribution in [0.5, 0.6) is 0 Å². The normalized spacial score (nSPS) is 10.5. The average Bonchev–Trinajstić information content (AvgIpc) is 2.81. The minimum Gasteiger partial charge on any atom is -0.391 e. The molecule has 0 saturated carbocycles. The molecule has 0 spiro atoms. The lowest BCUT2D eigenvalue weighted by molar-refractivity contribution is 0.281. The van der Waals surface area contributed by atoms with Gasteiger partial charge >= 0.3 is 0 Å². The Morgan fingerprint density at radius 2 is 2.24 bits per heavy atom. The molecule has 2 heterocycles. The van der Waals surface area contributed by atoms with Crippen molar-refractivity contribution in [3.8, 4) is 0 Å². The molecule has 0 unspecified atom stereocenters. The standard InChI is InChI=1S/C10H11ClN4OS/c1-15(2-7-4-17-6-14-7)10-8(3-16)9(11)12-5-13-10/h4-6,16H,2-3H2,1H3. The Morgan fingerprint density at radius 3 is 2.88 bits per heavy atom. The zero-order chi connectivity index (χ0) is 12.3. The van der Waals surface area contributed by atoms with Crippen molar-refractivity contribution in [3.05, 3.63) is 33.6 Å². The number of aliphatic hydroxyl groups is 1. The predicted octanol–water partition coefficient (Wildman–Crippen LogP) is 1.72. The summed E-state index contributed by atoms with van der Waals surface area (Å²) in [5.41, 5.74) is 3.27. The van der Waals surface area contributed by atoms with E-state index >= 15 is 0 Å². The quantitative estimate of drug-likeness (QED) is 0.857. The molecular formula is C10H11ClN4OS. The lowest BCUT2D eigenvalue weighted by Crippen LogP contribution is -2.20. The highest BCUT2D eigenvalue weighted by molar-refractivity contribution is 7.07. The van der Waals surface area contributed by atoms with E-state index in [1.807, 2.05) is 17.3 Å². The van der Waals surface area contributed by atoms with Crippen molar-refractivity contribution in [2.75, 3.05) is 11.9 Å². The highest BCUT2D eigenvalue weighted by Gasteiger charge is 2.13. The number of hydrogen-bond acceptors (Lipinski definition) is 6. The molecule has 0 bridgehead atoms. The van der Waals surface area contributed by atoms with Crippen LogP contribution in [0.4, 0.5) is 5.82 Å². The molecule has 1 N–H and O–H groups in total. The van der Waals surface area contributed by atoms with Gasteiger partial charge in [-0.2, -0.15) is 0 Å². The van der Waals surface area contributed by atoms with Crippen LogP contribution in [0.1, 0.15) is 11.3 Å². The molecule has 2 aromatic rings. The number of nitrogens with zero attached hydrogens (tertiary/aromatic N) is 4. The summed E-state index contributed by atoms with van der Waals surface area (Å²) in [6.07, 6.45) is 1.38. The van der Waals surface area contributed by atoms with E-state index in [4.69, 9.17) is 11.6 Å². The van der Waals surface area contributed by atoms with Gasteiger partial charge in [0.05, 0.1) is 29.9 Å². The number of rotatable bonds is 4. The Bertz CT molecular complexity index is 491. The highest BCUT2D eigenvalue weighted by Crippen LogP contribution is 2.23. The first-order chi connectivity index (χ1) is 8.22. The van der Waals surface area contributed by atoms with Gasteiger partial charge in [-0.1, -0.05) is 11.6 Å². The molecule has 90 valence electrons. The van der Waals surface area contributed by atoms with Crippen molar-refractivity contribution >= 4 is 28.8 Å². The Labute approximate surface area is 108 Å². The van der Waals surface area contributed by atoms with Crippen molar-refractivity contribution in [3.63, 3.8) is 0 Å². The summed E-state index contributed by atoms with van der Waals surface area (Å²) < 4.78 is 0. The minimum absolute atomic E-state index is 0.184. The maximum atomic E-state index is 9.27. The van der Waals surface area contributed by atoms with E-state index in [1.54, 1.807) is 16.8 Å². The molecule has 2 rings (SSSR count). The number of hydrogen-bond donors (Lipinski definition) is 1. The largest absolute Gasteiger partial charge is 0.391 e. The van der Waals surface area contributed by atoms with Crippen LogP contribution < -0.4 is 4.90 Å². The van der Waals surface area contributed by atoms with Crippen molar-refractivity contribution in [1.82, 2.24) is 15.0 Å². The van der Waals surface area contributed by atoms with Gasteiger partial charge in [0.2, 0.25) is 0 Å². The molecule has 5 nitrogen and oxygen atoms in total. The zero-order valence-electron chi connectivity index (χ0n) is 9.17. The van der Waals surface area contributed by atoms with E-state index in [9.17, 15) is 5.11 Å². The Morgan fingerprint density at radius 1 is 1.41 bits per heavy atom. The lowest BCUT2D eigenvalue weighted by atomic mass is 10.3. The van der Waals surface area contributed by atoms with Gasteiger partial charge in [-0.15, -0.1) is 11.3 Å². The smallest absolute Gasteiger partial charge is 0.140 e. The number of aliphatic hydroxyl groups excluding tert-OH is 1. The molecule has 0 radical (unpaired) electrons. The molecule has 7 heteroatoms. The van der Waals surface area contributed by atoms with E-state index in [2.05, 4.69) is 15.0 Å². The summed E-state index contributed by atoms with van der Waals surface area (Å²) in [5, 5.41) is 11.5. The van der Waals surface area contributed by atoms with Crippen molar-refractivity contribution in [2.45, 2.75) is 13.2 Å². The Hall–Kier alpha value is -1.24. The van der Waals surface area contributed by atoms with Crippen LogP contribution in [0.25, 0.3) is 0 Å². The molecule has 0 aromatic carbocycles. The monoisotopic (exact) mass is 270 g/mol. The summed E-state index contributed by atoms with van der Waals surface area (Å²) in [6.45, 7) is 0.431. The third kappa shape index (κ3) is 2.71. The highest BCUT2D eigenvalue weighted by atomic mass is 35.5. The van der Waals surface area contributed by atoms with Gasteiger partial charge in [0.15, 0.2) is 0 Å². The molecule has 0 fully saturated rings. The van der Waals surface area contributed by atoms with Gasteiger partial charge in [-0.05, 0) is 0 Å². The van der Waals surface area contributed by atoms with E-state index in [0.29, 0.717) is 17.9 Å². The second-order valence-corrected chi connectivity index (χ2v) is 4.54. The summed E-state index contributed by atoms with van der Waals surface area (Å²) in [4.78, 5) is 14.1. The zero-order valence-corrected chi connectivity index (χ0v) is 10.7. The molecule has 0 amide bonds. The van der Waals surface area contributed by atoms with E-state index in [-0.39, 0.29) is 11.8 Å². The average molecular weight is 271 g/mol. The van der Waals surface area contributed by atoms with Gasteiger partial charge in [0.1, 0.15) is 17.3 Å². The molecule has 17 heavy (non-hydrogen) atoms.